The summed E-state index contributed by atoms with van der Waals surface area (Å²) in [5.74, 6) is -0.196. The second kappa shape index (κ2) is 6.87. The zero-order valence-electron chi connectivity index (χ0n) is 14.5. The van der Waals surface area contributed by atoms with Crippen molar-refractivity contribution in [2.75, 3.05) is 5.32 Å². The van der Waals surface area contributed by atoms with Crippen LogP contribution in [0.1, 0.15) is 11.3 Å². The van der Waals surface area contributed by atoms with E-state index in [9.17, 15) is 9.59 Å². The number of aromatic nitrogens is 3. The van der Waals surface area contributed by atoms with Crippen LogP contribution in [0.3, 0.4) is 0 Å². The predicted octanol–water partition coefficient (Wildman–Crippen LogP) is 3.07. The van der Waals surface area contributed by atoms with Crippen LogP contribution in [0.15, 0.2) is 63.9 Å². The first-order valence-electron chi connectivity index (χ1n) is 8.39. The number of aromatic amines is 1. The lowest BCUT2D eigenvalue weighted by Gasteiger charge is -2.06. The van der Waals surface area contributed by atoms with E-state index in [1.54, 1.807) is 18.2 Å². The van der Waals surface area contributed by atoms with Crippen molar-refractivity contribution >= 4 is 22.6 Å². The zero-order valence-corrected chi connectivity index (χ0v) is 14.5. The standard InChI is InChI=1S/C20H16N4O3/c1-12-5-7-18-15(9-12)17(24-27-18)11-20(26)21-14-4-2-3-13(10-14)16-6-8-19(25)23-22-16/h2-10H,11H2,1H3,(H,21,26)(H,23,25). The van der Waals surface area contributed by atoms with Gasteiger partial charge in [0.2, 0.25) is 5.91 Å². The molecule has 2 heterocycles. The van der Waals surface area contributed by atoms with Crippen LogP contribution in [-0.2, 0) is 11.2 Å². The van der Waals surface area contributed by atoms with Crippen molar-refractivity contribution < 1.29 is 9.32 Å². The maximum Gasteiger partial charge on any atom is 0.264 e. The number of rotatable bonds is 4. The number of anilines is 1. The van der Waals surface area contributed by atoms with Gasteiger partial charge in [0.25, 0.3) is 5.56 Å². The number of hydrogen-bond donors (Lipinski definition) is 2. The van der Waals surface area contributed by atoms with E-state index in [1.165, 1.54) is 6.07 Å². The molecule has 0 atom stereocenters. The molecule has 7 heteroatoms. The van der Waals surface area contributed by atoms with Gasteiger partial charge < -0.3 is 9.84 Å². The molecule has 2 N–H and O–H groups in total. The molecule has 0 aliphatic carbocycles. The molecule has 1 amide bonds. The normalized spacial score (nSPS) is 10.9. The monoisotopic (exact) mass is 360 g/mol. The lowest BCUT2D eigenvalue weighted by Crippen LogP contribution is -2.14. The van der Waals surface area contributed by atoms with Gasteiger partial charge in [-0.05, 0) is 37.3 Å². The maximum atomic E-state index is 12.4. The fraction of sp³-hybridized carbons (Fsp3) is 0.100. The van der Waals surface area contributed by atoms with Gasteiger partial charge in [-0.3, -0.25) is 9.59 Å². The van der Waals surface area contributed by atoms with Gasteiger partial charge in [-0.2, -0.15) is 5.10 Å². The average Bonchev–Trinajstić information content (AvgIpc) is 3.04. The number of amides is 1. The summed E-state index contributed by atoms with van der Waals surface area (Å²) >= 11 is 0. The SMILES string of the molecule is Cc1ccc2onc(CC(=O)Nc3cccc(-c4ccc(=O)[nH]n4)c3)c2c1. The van der Waals surface area contributed by atoms with Crippen molar-refractivity contribution in [1.29, 1.82) is 0 Å². The van der Waals surface area contributed by atoms with Gasteiger partial charge in [0.15, 0.2) is 5.58 Å². The molecule has 4 aromatic rings. The number of nitrogens with zero attached hydrogens (tertiary/aromatic N) is 2. The van der Waals surface area contributed by atoms with E-state index in [1.807, 2.05) is 37.3 Å². The van der Waals surface area contributed by atoms with Crippen molar-refractivity contribution in [3.05, 3.63) is 76.2 Å². The van der Waals surface area contributed by atoms with E-state index in [2.05, 4.69) is 20.7 Å². The summed E-state index contributed by atoms with van der Waals surface area (Å²) in [6.07, 6.45) is 0.109. The van der Waals surface area contributed by atoms with Crippen molar-refractivity contribution in [1.82, 2.24) is 15.4 Å². The Hall–Kier alpha value is -3.74. The predicted molar refractivity (Wildman–Crippen MR) is 101 cm³/mol. The molecule has 0 unspecified atom stereocenters. The maximum absolute atomic E-state index is 12.4. The lowest BCUT2D eigenvalue weighted by molar-refractivity contribution is -0.115. The van der Waals surface area contributed by atoms with Gasteiger partial charge in [0.1, 0.15) is 5.69 Å². The van der Waals surface area contributed by atoms with Crippen LogP contribution < -0.4 is 10.9 Å². The first-order valence-corrected chi connectivity index (χ1v) is 8.39. The number of nitrogens with one attached hydrogen (secondary N) is 2. The van der Waals surface area contributed by atoms with Crippen LogP contribution >= 0.6 is 0 Å². The Balaban J connectivity index is 1.52. The number of carbonyl (C=O) groups is 1. The van der Waals surface area contributed by atoms with Crippen LogP contribution in [0.25, 0.3) is 22.2 Å². The fourth-order valence-corrected chi connectivity index (χ4v) is 2.85. The Morgan fingerprint density at radius 1 is 1.15 bits per heavy atom. The van der Waals surface area contributed by atoms with Gasteiger partial charge in [-0.15, -0.1) is 0 Å². The van der Waals surface area contributed by atoms with Crippen molar-refractivity contribution in [3.63, 3.8) is 0 Å². The van der Waals surface area contributed by atoms with E-state index >= 15 is 0 Å². The summed E-state index contributed by atoms with van der Waals surface area (Å²) < 4.78 is 5.27. The molecule has 0 bridgehead atoms. The Morgan fingerprint density at radius 2 is 2.04 bits per heavy atom. The molecule has 0 saturated carbocycles. The summed E-state index contributed by atoms with van der Waals surface area (Å²) in [4.78, 5) is 23.6. The third-order valence-corrected chi connectivity index (χ3v) is 4.15. The molecule has 0 saturated heterocycles. The van der Waals surface area contributed by atoms with Crippen molar-refractivity contribution in [2.45, 2.75) is 13.3 Å². The number of H-pyrrole nitrogens is 1. The summed E-state index contributed by atoms with van der Waals surface area (Å²) in [6, 6.07) is 16.0. The van der Waals surface area contributed by atoms with E-state index in [0.717, 1.165) is 16.5 Å². The highest BCUT2D eigenvalue weighted by Crippen LogP contribution is 2.22. The minimum Gasteiger partial charge on any atom is -0.356 e. The van der Waals surface area contributed by atoms with Crippen molar-refractivity contribution in [2.24, 2.45) is 0 Å². The zero-order chi connectivity index (χ0) is 18.8. The summed E-state index contributed by atoms with van der Waals surface area (Å²) in [6.45, 7) is 1.98. The fourth-order valence-electron chi connectivity index (χ4n) is 2.85. The Morgan fingerprint density at radius 3 is 2.85 bits per heavy atom. The molecule has 2 aromatic carbocycles. The Bertz CT molecular complexity index is 1170. The first-order chi connectivity index (χ1) is 13.1. The Kier molecular flexibility index (Phi) is 4.25. The molecule has 0 fully saturated rings. The number of benzene rings is 2. The van der Waals surface area contributed by atoms with Gasteiger partial charge in [0.05, 0.1) is 12.1 Å². The van der Waals surface area contributed by atoms with Crippen LogP contribution in [-0.4, -0.2) is 21.3 Å². The number of hydrogen-bond acceptors (Lipinski definition) is 5. The van der Waals surface area contributed by atoms with Crippen molar-refractivity contribution in [3.8, 4) is 11.3 Å². The van der Waals surface area contributed by atoms with Crippen LogP contribution in [0.4, 0.5) is 5.69 Å². The van der Waals surface area contributed by atoms with E-state index in [4.69, 9.17) is 4.52 Å². The second-order valence-electron chi connectivity index (χ2n) is 6.24. The third-order valence-electron chi connectivity index (χ3n) is 4.15. The molecule has 0 aliphatic heterocycles. The largest absolute Gasteiger partial charge is 0.356 e. The highest BCUT2D eigenvalue weighted by molar-refractivity contribution is 5.95. The quantitative estimate of drug-likeness (QED) is 0.582. The van der Waals surface area contributed by atoms with Crippen LogP contribution in [0, 0.1) is 6.92 Å². The van der Waals surface area contributed by atoms with E-state index < -0.39 is 0 Å². The van der Waals surface area contributed by atoms with Crippen LogP contribution in [0.5, 0.6) is 0 Å². The molecular formula is C20H16N4O3. The highest BCUT2D eigenvalue weighted by atomic mass is 16.5. The van der Waals surface area contributed by atoms with Gasteiger partial charge >= 0.3 is 0 Å². The molecule has 7 nitrogen and oxygen atoms in total. The first kappa shape index (κ1) is 16.7. The topological polar surface area (TPSA) is 101 Å². The molecule has 2 aromatic heterocycles. The summed E-state index contributed by atoms with van der Waals surface area (Å²) in [7, 11) is 0. The van der Waals surface area contributed by atoms with E-state index in [-0.39, 0.29) is 17.9 Å². The smallest absolute Gasteiger partial charge is 0.264 e. The Labute approximate surface area is 154 Å². The molecule has 134 valence electrons. The molecule has 0 radical (unpaired) electrons. The number of aryl methyl sites for hydroxylation is 1. The molecule has 4 rings (SSSR count). The van der Waals surface area contributed by atoms with E-state index in [0.29, 0.717) is 22.7 Å². The van der Waals surface area contributed by atoms with Gasteiger partial charge in [0, 0.05) is 22.7 Å². The summed E-state index contributed by atoms with van der Waals surface area (Å²) in [5.41, 5.74) is 4.11. The highest BCUT2D eigenvalue weighted by Gasteiger charge is 2.13. The second-order valence-corrected chi connectivity index (χ2v) is 6.24. The molecule has 0 aliphatic rings. The lowest BCUT2D eigenvalue weighted by atomic mass is 10.1. The molecule has 0 spiro atoms. The summed E-state index contributed by atoms with van der Waals surface area (Å²) in [5, 5.41) is 14.1. The number of carbonyl (C=O) groups excluding carboxylic acids is 1. The average molecular weight is 360 g/mol. The molecular weight excluding hydrogens is 344 g/mol. The van der Waals surface area contributed by atoms with Gasteiger partial charge in [-0.25, -0.2) is 5.10 Å². The van der Waals surface area contributed by atoms with Gasteiger partial charge in [-0.1, -0.05) is 28.9 Å². The third kappa shape index (κ3) is 3.62. The molecule has 27 heavy (non-hydrogen) atoms. The minimum atomic E-state index is -0.265. The minimum absolute atomic E-state index is 0.109. The number of fused-ring (bicyclic) bond motifs is 1. The van der Waals surface area contributed by atoms with Crippen LogP contribution in [0.2, 0.25) is 0 Å².